The molecule has 0 spiro atoms. The number of rotatable bonds is 1. The van der Waals surface area contributed by atoms with Crippen LogP contribution in [0.1, 0.15) is 6.92 Å². The molecule has 0 aromatic rings. The van der Waals surface area contributed by atoms with Gasteiger partial charge in [0.15, 0.2) is 5.76 Å². The normalized spacial score (nSPS) is 25.9. The maximum Gasteiger partial charge on any atom is 0.287 e. The summed E-state index contributed by atoms with van der Waals surface area (Å²) < 4.78 is 9.82. The molecule has 1 heterocycles. The zero-order chi connectivity index (χ0) is 6.85. The molecule has 1 N–H and O–H groups in total. The molecule has 0 fully saturated rings. The van der Waals surface area contributed by atoms with E-state index in [0.717, 1.165) is 0 Å². The van der Waals surface area contributed by atoms with Crippen LogP contribution in [-0.2, 0) is 9.47 Å². The Kier molecular flexibility index (Phi) is 1.87. The Bertz CT molecular complexity index is 143. The second-order valence-electron chi connectivity index (χ2n) is 1.68. The van der Waals surface area contributed by atoms with Crippen molar-refractivity contribution >= 4 is 12.6 Å². The van der Waals surface area contributed by atoms with Crippen LogP contribution in [0.2, 0.25) is 0 Å². The number of hydrogen-bond donors (Lipinski definition) is 2. The molecule has 0 amide bonds. The van der Waals surface area contributed by atoms with E-state index in [-0.39, 0.29) is 6.61 Å². The number of hydrogen-bond acceptors (Lipinski definition) is 4. The van der Waals surface area contributed by atoms with Crippen molar-refractivity contribution in [2.24, 2.45) is 0 Å². The van der Waals surface area contributed by atoms with E-state index in [1.54, 1.807) is 6.92 Å². The van der Waals surface area contributed by atoms with Crippen LogP contribution in [0.3, 0.4) is 0 Å². The summed E-state index contributed by atoms with van der Waals surface area (Å²) in [6.45, 7) is 1.60. The van der Waals surface area contributed by atoms with Gasteiger partial charge in [-0.1, -0.05) is 12.6 Å². The Morgan fingerprint density at radius 2 is 2.33 bits per heavy atom. The van der Waals surface area contributed by atoms with Crippen LogP contribution in [-0.4, -0.2) is 17.3 Å². The van der Waals surface area contributed by atoms with Crippen molar-refractivity contribution in [2.75, 3.05) is 6.61 Å². The first-order chi connectivity index (χ1) is 4.24. The summed E-state index contributed by atoms with van der Waals surface area (Å²) in [6, 6.07) is 0. The lowest BCUT2D eigenvalue weighted by Crippen LogP contribution is -1.98. The molecule has 0 aliphatic carbocycles. The average molecular weight is 148 g/mol. The Hall–Kier alpha value is -0.350. The number of thiol groups is 1. The highest BCUT2D eigenvalue weighted by molar-refractivity contribution is 7.80. The van der Waals surface area contributed by atoms with Gasteiger partial charge < -0.3 is 14.6 Å². The summed E-state index contributed by atoms with van der Waals surface area (Å²) in [5, 5.41) is 8.56. The van der Waals surface area contributed by atoms with Gasteiger partial charge in [0.1, 0.15) is 12.4 Å². The Labute approximate surface area is 58.7 Å². The molecule has 9 heavy (non-hydrogen) atoms. The van der Waals surface area contributed by atoms with Crippen LogP contribution in [0.5, 0.6) is 0 Å². The molecule has 3 nitrogen and oxygen atoms in total. The van der Waals surface area contributed by atoms with Crippen molar-refractivity contribution < 1.29 is 14.6 Å². The van der Waals surface area contributed by atoms with Crippen LogP contribution in [0, 0.1) is 0 Å². The summed E-state index contributed by atoms with van der Waals surface area (Å²) in [7, 11) is 0. The Morgan fingerprint density at radius 3 is 2.56 bits per heavy atom. The van der Waals surface area contributed by atoms with Gasteiger partial charge in [0.05, 0.1) is 0 Å². The third-order valence-electron chi connectivity index (χ3n) is 1.06. The third-order valence-corrected chi connectivity index (χ3v) is 1.27. The average Bonchev–Trinajstić information content (AvgIpc) is 2.10. The highest BCUT2D eigenvalue weighted by Gasteiger charge is 2.19. The predicted octanol–water partition coefficient (Wildman–Crippen LogP) is 0.470. The van der Waals surface area contributed by atoms with Gasteiger partial charge >= 0.3 is 0 Å². The van der Waals surface area contributed by atoms with Crippen molar-refractivity contribution in [1.29, 1.82) is 0 Å². The molecule has 1 unspecified atom stereocenters. The van der Waals surface area contributed by atoms with Gasteiger partial charge in [-0.15, -0.1) is 0 Å². The van der Waals surface area contributed by atoms with Crippen LogP contribution >= 0.6 is 12.6 Å². The van der Waals surface area contributed by atoms with Crippen molar-refractivity contribution in [3.05, 3.63) is 11.5 Å². The molecule has 4 heteroatoms. The maximum absolute atomic E-state index is 8.56. The fourth-order valence-corrected chi connectivity index (χ4v) is 0.880. The van der Waals surface area contributed by atoms with Gasteiger partial charge in [-0.2, -0.15) is 0 Å². The summed E-state index contributed by atoms with van der Waals surface area (Å²) >= 11 is 3.87. The first-order valence-corrected chi connectivity index (χ1v) is 3.07. The van der Waals surface area contributed by atoms with Gasteiger partial charge in [-0.3, -0.25) is 0 Å². The highest BCUT2D eigenvalue weighted by atomic mass is 32.1. The zero-order valence-corrected chi connectivity index (χ0v) is 5.89. The van der Waals surface area contributed by atoms with Gasteiger partial charge in [-0.25, -0.2) is 0 Å². The molecular formula is C5H8O3S. The number of allylic oxidation sites excluding steroid dienone is 1. The zero-order valence-electron chi connectivity index (χ0n) is 5.00. The number of aliphatic hydroxyl groups is 1. The molecule has 52 valence electrons. The van der Waals surface area contributed by atoms with Gasteiger partial charge in [0, 0.05) is 0 Å². The van der Waals surface area contributed by atoms with Crippen molar-refractivity contribution in [3.63, 3.8) is 0 Å². The minimum atomic E-state index is -0.535. The lowest BCUT2D eigenvalue weighted by molar-refractivity contribution is 0.0315. The lowest BCUT2D eigenvalue weighted by atomic mass is 10.4. The first-order valence-electron chi connectivity index (χ1n) is 2.56. The third kappa shape index (κ3) is 1.31. The highest BCUT2D eigenvalue weighted by Crippen LogP contribution is 2.22. The molecule has 0 aromatic heterocycles. The second kappa shape index (κ2) is 2.49. The number of ether oxygens (including phenoxy) is 2. The molecule has 1 aliphatic heterocycles. The molecule has 0 aromatic carbocycles. The quantitative estimate of drug-likeness (QED) is 0.531. The van der Waals surface area contributed by atoms with Crippen LogP contribution in [0.15, 0.2) is 11.5 Å². The fraction of sp³-hybridized carbons (Fsp3) is 0.600. The standard InChI is InChI=1S/C5H8O3S/c1-3-4(2-6)8-5(9)7-3/h5-6,9H,2H2,1H3. The summed E-state index contributed by atoms with van der Waals surface area (Å²) in [4.78, 5) is 0. The van der Waals surface area contributed by atoms with Gasteiger partial charge in [0.2, 0.25) is 0 Å². The van der Waals surface area contributed by atoms with E-state index in [1.165, 1.54) is 0 Å². The van der Waals surface area contributed by atoms with E-state index < -0.39 is 5.62 Å². The van der Waals surface area contributed by atoms with Crippen LogP contribution in [0.25, 0.3) is 0 Å². The van der Waals surface area contributed by atoms with Crippen molar-refractivity contribution in [1.82, 2.24) is 0 Å². The first kappa shape index (κ1) is 6.77. The second-order valence-corrected chi connectivity index (χ2v) is 2.10. The van der Waals surface area contributed by atoms with E-state index >= 15 is 0 Å². The van der Waals surface area contributed by atoms with Crippen LogP contribution in [0.4, 0.5) is 0 Å². The lowest BCUT2D eigenvalue weighted by Gasteiger charge is -2.01. The molecule has 1 rings (SSSR count). The SMILES string of the molecule is CC1=C(CO)OC(S)O1. The smallest absolute Gasteiger partial charge is 0.287 e. The van der Waals surface area contributed by atoms with Crippen molar-refractivity contribution in [2.45, 2.75) is 12.5 Å². The molecule has 0 saturated carbocycles. The van der Waals surface area contributed by atoms with E-state index in [4.69, 9.17) is 14.6 Å². The van der Waals surface area contributed by atoms with Gasteiger partial charge in [-0.05, 0) is 6.92 Å². The topological polar surface area (TPSA) is 38.7 Å². The minimum Gasteiger partial charge on any atom is -0.447 e. The molecule has 0 radical (unpaired) electrons. The number of aliphatic hydroxyl groups excluding tert-OH is 1. The van der Waals surface area contributed by atoms with E-state index in [9.17, 15) is 0 Å². The van der Waals surface area contributed by atoms with E-state index in [0.29, 0.717) is 11.5 Å². The molecule has 0 saturated heterocycles. The largest absolute Gasteiger partial charge is 0.447 e. The summed E-state index contributed by atoms with van der Waals surface area (Å²) in [5.74, 6) is 1.08. The van der Waals surface area contributed by atoms with E-state index in [1.807, 2.05) is 0 Å². The summed E-state index contributed by atoms with van der Waals surface area (Å²) in [6.07, 6.45) is 0. The monoisotopic (exact) mass is 148 g/mol. The molecule has 0 bridgehead atoms. The summed E-state index contributed by atoms with van der Waals surface area (Å²) in [5.41, 5.74) is -0.535. The maximum atomic E-state index is 8.56. The predicted molar refractivity (Wildman–Crippen MR) is 34.7 cm³/mol. The van der Waals surface area contributed by atoms with Crippen molar-refractivity contribution in [3.8, 4) is 0 Å². The molecule has 1 aliphatic rings. The van der Waals surface area contributed by atoms with Crippen LogP contribution < -0.4 is 0 Å². The Morgan fingerprint density at radius 1 is 1.67 bits per heavy atom. The van der Waals surface area contributed by atoms with E-state index in [2.05, 4.69) is 12.6 Å². The Balaban J connectivity index is 2.58. The molecular weight excluding hydrogens is 140 g/mol. The molecule has 1 atom stereocenters. The minimum absolute atomic E-state index is 0.122. The fourth-order valence-electron chi connectivity index (χ4n) is 0.594. The van der Waals surface area contributed by atoms with Gasteiger partial charge in [0.25, 0.3) is 5.62 Å².